The fourth-order valence-corrected chi connectivity index (χ4v) is 6.49. The lowest BCUT2D eigenvalue weighted by atomic mass is 10.0. The zero-order valence-corrected chi connectivity index (χ0v) is 39.8. The fraction of sp³-hybridized carbons (Fsp3) is 0.625. The van der Waals surface area contributed by atoms with E-state index < -0.39 is 6.10 Å². The molecule has 350 valence electrons. The Labute approximate surface area is 380 Å². The molecular weight excluding hydrogens is 769 g/mol. The zero-order valence-electron chi connectivity index (χ0n) is 39.8. The van der Waals surface area contributed by atoms with Crippen molar-refractivity contribution in [3.8, 4) is 0 Å². The van der Waals surface area contributed by atoms with Gasteiger partial charge in [0.05, 0.1) is 0 Å². The smallest absolute Gasteiger partial charge is 0.306 e. The number of esters is 3. The minimum atomic E-state index is -0.808. The summed E-state index contributed by atoms with van der Waals surface area (Å²) < 4.78 is 16.7. The lowest BCUT2D eigenvalue weighted by molar-refractivity contribution is -0.167. The lowest BCUT2D eigenvalue weighted by Crippen LogP contribution is -2.30. The van der Waals surface area contributed by atoms with Crippen LogP contribution in [0.4, 0.5) is 0 Å². The van der Waals surface area contributed by atoms with Crippen LogP contribution in [0.25, 0.3) is 0 Å². The van der Waals surface area contributed by atoms with Crippen LogP contribution in [0.3, 0.4) is 0 Å². The second kappa shape index (κ2) is 49.7. The third-order valence-corrected chi connectivity index (χ3v) is 10.2. The van der Waals surface area contributed by atoms with E-state index in [0.717, 1.165) is 103 Å². The second-order valence-electron chi connectivity index (χ2n) is 16.1. The van der Waals surface area contributed by atoms with E-state index in [-0.39, 0.29) is 37.5 Å². The van der Waals surface area contributed by atoms with Crippen LogP contribution in [0, 0.1) is 0 Å². The van der Waals surface area contributed by atoms with Gasteiger partial charge in [0.2, 0.25) is 0 Å². The molecule has 1 atom stereocenters. The Morgan fingerprint density at radius 3 is 1.19 bits per heavy atom. The molecule has 1 unspecified atom stereocenters. The molecule has 62 heavy (non-hydrogen) atoms. The third-order valence-electron chi connectivity index (χ3n) is 10.2. The molecule has 0 aromatic carbocycles. The van der Waals surface area contributed by atoms with Crippen molar-refractivity contribution in [2.45, 2.75) is 213 Å². The summed E-state index contributed by atoms with van der Waals surface area (Å²) >= 11 is 0. The van der Waals surface area contributed by atoms with E-state index in [9.17, 15) is 14.4 Å². The minimum Gasteiger partial charge on any atom is -0.462 e. The Balaban J connectivity index is 4.53. The largest absolute Gasteiger partial charge is 0.462 e. The van der Waals surface area contributed by atoms with Gasteiger partial charge in [-0.25, -0.2) is 0 Å². The van der Waals surface area contributed by atoms with Crippen molar-refractivity contribution in [3.63, 3.8) is 0 Å². The molecule has 0 saturated heterocycles. The van der Waals surface area contributed by atoms with Crippen molar-refractivity contribution in [1.82, 2.24) is 0 Å². The van der Waals surface area contributed by atoms with Crippen molar-refractivity contribution < 1.29 is 28.6 Å². The van der Waals surface area contributed by atoms with E-state index >= 15 is 0 Å². The number of carbonyl (C=O) groups is 3. The van der Waals surface area contributed by atoms with Crippen molar-refractivity contribution in [3.05, 3.63) is 109 Å². The highest BCUT2D eigenvalue weighted by atomic mass is 16.6. The van der Waals surface area contributed by atoms with E-state index in [1.807, 2.05) is 60.8 Å². The van der Waals surface area contributed by atoms with E-state index in [1.54, 1.807) is 0 Å². The van der Waals surface area contributed by atoms with E-state index in [2.05, 4.69) is 69.4 Å². The maximum absolute atomic E-state index is 12.8. The van der Waals surface area contributed by atoms with Gasteiger partial charge < -0.3 is 14.2 Å². The summed E-state index contributed by atoms with van der Waals surface area (Å²) in [6, 6.07) is 0. The van der Waals surface area contributed by atoms with Gasteiger partial charge in [-0.15, -0.1) is 0 Å². The average Bonchev–Trinajstić information content (AvgIpc) is 3.27. The van der Waals surface area contributed by atoms with E-state index in [1.165, 1.54) is 64.2 Å². The number of hydrogen-bond acceptors (Lipinski definition) is 6. The highest BCUT2D eigenvalue weighted by Crippen LogP contribution is 2.14. The molecule has 0 aliphatic carbocycles. The molecular formula is C56H90O6. The van der Waals surface area contributed by atoms with Crippen LogP contribution in [0.1, 0.15) is 207 Å². The molecule has 6 heteroatoms. The predicted molar refractivity (Wildman–Crippen MR) is 265 cm³/mol. The molecule has 0 aromatic heterocycles. The zero-order chi connectivity index (χ0) is 45.1. The molecule has 0 bridgehead atoms. The van der Waals surface area contributed by atoms with Gasteiger partial charge >= 0.3 is 17.9 Å². The van der Waals surface area contributed by atoms with Gasteiger partial charge in [0.1, 0.15) is 13.2 Å². The van der Waals surface area contributed by atoms with Gasteiger partial charge in [-0.1, -0.05) is 226 Å². The maximum atomic E-state index is 12.8. The third kappa shape index (κ3) is 47.1. The molecule has 0 heterocycles. The first-order valence-corrected chi connectivity index (χ1v) is 25.0. The van der Waals surface area contributed by atoms with Crippen LogP contribution in [0.5, 0.6) is 0 Å². The Morgan fingerprint density at radius 1 is 0.355 bits per heavy atom. The highest BCUT2D eigenvalue weighted by Gasteiger charge is 2.19. The van der Waals surface area contributed by atoms with Crippen LogP contribution < -0.4 is 0 Å². The molecule has 0 spiro atoms. The average molecular weight is 859 g/mol. The van der Waals surface area contributed by atoms with Gasteiger partial charge in [-0.2, -0.15) is 0 Å². The number of ether oxygens (including phenoxy) is 3. The molecule has 0 saturated carbocycles. The lowest BCUT2D eigenvalue weighted by Gasteiger charge is -2.18. The van der Waals surface area contributed by atoms with Gasteiger partial charge in [-0.3, -0.25) is 14.4 Å². The number of unbranched alkanes of at least 4 members (excludes halogenated alkanes) is 19. The van der Waals surface area contributed by atoms with Crippen LogP contribution in [-0.4, -0.2) is 37.2 Å². The number of carbonyl (C=O) groups excluding carboxylic acids is 3. The summed E-state index contributed by atoms with van der Waals surface area (Å²) in [6.45, 7) is 6.31. The minimum absolute atomic E-state index is 0.102. The molecule has 0 aliphatic rings. The first kappa shape index (κ1) is 58.1. The Bertz CT molecular complexity index is 1310. The van der Waals surface area contributed by atoms with Gasteiger partial charge in [0, 0.05) is 19.3 Å². The van der Waals surface area contributed by atoms with Gasteiger partial charge in [0.25, 0.3) is 0 Å². The number of hydrogen-bond donors (Lipinski definition) is 0. The normalized spacial score (nSPS) is 13.0. The predicted octanol–water partition coefficient (Wildman–Crippen LogP) is 16.4. The molecule has 0 N–H and O–H groups in total. The Morgan fingerprint density at radius 2 is 0.710 bits per heavy atom. The molecule has 0 radical (unpaired) electrons. The highest BCUT2D eigenvalue weighted by molar-refractivity contribution is 5.71. The fourth-order valence-electron chi connectivity index (χ4n) is 6.49. The van der Waals surface area contributed by atoms with E-state index in [0.29, 0.717) is 12.8 Å². The summed E-state index contributed by atoms with van der Waals surface area (Å²) in [7, 11) is 0. The Hall–Kier alpha value is -3.93. The number of rotatable bonds is 43. The molecule has 0 rings (SSSR count). The summed E-state index contributed by atoms with van der Waals surface area (Å²) in [4.78, 5) is 37.9. The molecule has 6 nitrogen and oxygen atoms in total. The van der Waals surface area contributed by atoms with Crippen LogP contribution in [0.15, 0.2) is 109 Å². The summed E-state index contributed by atoms with van der Waals surface area (Å²) in [5.41, 5.74) is 0. The summed E-state index contributed by atoms with van der Waals surface area (Å²) in [5.74, 6) is -0.976. The topological polar surface area (TPSA) is 78.9 Å². The van der Waals surface area contributed by atoms with Crippen molar-refractivity contribution in [2.24, 2.45) is 0 Å². The van der Waals surface area contributed by atoms with Crippen molar-refractivity contribution in [1.29, 1.82) is 0 Å². The van der Waals surface area contributed by atoms with E-state index in [4.69, 9.17) is 14.2 Å². The first-order chi connectivity index (χ1) is 30.5. The maximum Gasteiger partial charge on any atom is 0.306 e. The second-order valence-corrected chi connectivity index (χ2v) is 16.1. The summed E-state index contributed by atoms with van der Waals surface area (Å²) in [5, 5.41) is 0. The first-order valence-electron chi connectivity index (χ1n) is 25.0. The van der Waals surface area contributed by atoms with Crippen LogP contribution in [-0.2, 0) is 28.6 Å². The van der Waals surface area contributed by atoms with Crippen LogP contribution >= 0.6 is 0 Å². The molecule has 0 aliphatic heterocycles. The molecule has 0 fully saturated rings. The van der Waals surface area contributed by atoms with Gasteiger partial charge in [0.15, 0.2) is 6.10 Å². The van der Waals surface area contributed by atoms with Crippen molar-refractivity contribution >= 4 is 17.9 Å². The SMILES string of the molecule is CC\C=C/C=C\C=C/C=C\C=C\C=C/CCCCCC(=O)OCC(COC(=O)CCCCCCCCCCCCCCC)OC(=O)CCCCCC/C=C\C/C=C\C/C=C\CC. The number of allylic oxidation sites excluding steroid dienone is 18. The monoisotopic (exact) mass is 859 g/mol. The van der Waals surface area contributed by atoms with Gasteiger partial charge in [-0.05, 0) is 70.6 Å². The molecule has 0 aromatic rings. The standard InChI is InChI=1S/C56H90O6/c1-4-7-10-13-16-19-22-25-27-28-29-32-34-37-40-43-46-49-55(58)61-52-53(51-60-54(57)48-45-42-39-36-33-30-24-21-18-15-12-9-6-3)62-56(59)50-47-44-41-38-35-31-26-23-20-17-14-11-8-5-2/h7-8,10-11,13,16-17,19-20,22,25-29,31-32,34,53H,4-6,9,12,14-15,18,21,23-24,30,33,35-52H2,1-3H3/b10-7-,11-8-,16-13-,20-17-,22-19-,27-25-,29-28+,31-26-,34-32-. The van der Waals surface area contributed by atoms with Crippen molar-refractivity contribution in [2.75, 3.05) is 13.2 Å². The summed E-state index contributed by atoms with van der Waals surface area (Å²) in [6.07, 6.45) is 66.4. The Kier molecular flexibility index (Phi) is 46.6. The van der Waals surface area contributed by atoms with Crippen LogP contribution in [0.2, 0.25) is 0 Å². The molecule has 0 amide bonds. The quantitative estimate of drug-likeness (QED) is 0.0200.